The lowest BCUT2D eigenvalue weighted by Gasteiger charge is -2.15. The van der Waals surface area contributed by atoms with E-state index in [1.807, 2.05) is 6.07 Å². The van der Waals surface area contributed by atoms with Crippen LogP contribution in [0.4, 0.5) is 4.39 Å². The number of ether oxygens (including phenoxy) is 1. The van der Waals surface area contributed by atoms with E-state index in [9.17, 15) is 10.1 Å². The summed E-state index contributed by atoms with van der Waals surface area (Å²) in [5.41, 5.74) is 6.49. The second-order valence-electron chi connectivity index (χ2n) is 7.80. The highest BCUT2D eigenvalue weighted by molar-refractivity contribution is 6.34. The first kappa shape index (κ1) is 22.3. The lowest BCUT2D eigenvalue weighted by Crippen LogP contribution is -2.14. The molecule has 3 aromatic heterocycles. The second kappa shape index (κ2) is 8.36. The van der Waals surface area contributed by atoms with Crippen LogP contribution < -0.4 is 16.0 Å². The van der Waals surface area contributed by atoms with Crippen molar-refractivity contribution in [1.29, 1.82) is 5.26 Å². The van der Waals surface area contributed by atoms with Crippen LogP contribution in [0, 0.1) is 17.1 Å². The van der Waals surface area contributed by atoms with Crippen LogP contribution in [0.1, 0.15) is 24.1 Å². The Bertz CT molecular complexity index is 1570. The number of benzene rings is 1. The number of aromatic amines is 1. The molecule has 1 aliphatic carbocycles. The third kappa shape index (κ3) is 3.58. The quantitative estimate of drug-likeness (QED) is 0.399. The van der Waals surface area contributed by atoms with Gasteiger partial charge in [-0.2, -0.15) is 15.5 Å². The smallest absolute Gasteiger partial charge is 0.275 e. The van der Waals surface area contributed by atoms with Crippen molar-refractivity contribution in [3.05, 3.63) is 55.9 Å². The van der Waals surface area contributed by atoms with Gasteiger partial charge in [0.2, 0.25) is 0 Å². The Hall–Kier alpha value is -3.52. The number of nitriles is 1. The number of aryl methyl sites for hydroxylation is 1. The summed E-state index contributed by atoms with van der Waals surface area (Å²) in [6.45, 7) is 0.0380. The highest BCUT2D eigenvalue weighted by atomic mass is 35.5. The largest absolute Gasteiger partial charge is 0.489 e. The summed E-state index contributed by atoms with van der Waals surface area (Å²) >= 11 is 12.6. The Labute approximate surface area is 201 Å². The summed E-state index contributed by atoms with van der Waals surface area (Å²) in [6.07, 6.45) is 3.13. The molecular weight excluding hydrogens is 484 g/mol. The van der Waals surface area contributed by atoms with Gasteiger partial charge in [-0.1, -0.05) is 23.2 Å². The van der Waals surface area contributed by atoms with E-state index >= 15 is 4.39 Å². The van der Waals surface area contributed by atoms with Gasteiger partial charge in [0, 0.05) is 30.6 Å². The van der Waals surface area contributed by atoms with Crippen LogP contribution in [0.2, 0.25) is 10.2 Å². The van der Waals surface area contributed by atoms with Gasteiger partial charge in [0.1, 0.15) is 22.5 Å². The van der Waals surface area contributed by atoms with E-state index in [4.69, 9.17) is 33.7 Å². The summed E-state index contributed by atoms with van der Waals surface area (Å²) in [5.74, 6) is -0.594. The first-order chi connectivity index (χ1) is 16.3. The lowest BCUT2D eigenvalue weighted by molar-refractivity contribution is 0.302. The maximum Gasteiger partial charge on any atom is 0.275 e. The van der Waals surface area contributed by atoms with Crippen molar-refractivity contribution in [2.24, 2.45) is 12.8 Å². The molecule has 0 bridgehead atoms. The maximum absolute atomic E-state index is 15.4. The molecule has 3 heterocycles. The van der Waals surface area contributed by atoms with E-state index in [2.05, 4.69) is 20.3 Å². The van der Waals surface area contributed by atoms with Gasteiger partial charge in [0.05, 0.1) is 45.4 Å². The molecule has 0 saturated heterocycles. The predicted molar refractivity (Wildman–Crippen MR) is 124 cm³/mol. The number of pyridine rings is 1. The zero-order chi connectivity index (χ0) is 24.1. The van der Waals surface area contributed by atoms with Crippen LogP contribution in [0.15, 0.2) is 23.1 Å². The number of H-pyrrole nitrogens is 1. The molecule has 3 N–H and O–H groups in total. The number of fused-ring (bicyclic) bond motifs is 1. The molecule has 0 radical (unpaired) electrons. The molecule has 1 saturated carbocycles. The monoisotopic (exact) mass is 499 g/mol. The number of aromatic nitrogens is 5. The highest BCUT2D eigenvalue weighted by Crippen LogP contribution is 2.43. The normalized spacial score (nSPS) is 13.3. The molecular formula is C22H16Cl2FN7O2. The molecule has 34 heavy (non-hydrogen) atoms. The van der Waals surface area contributed by atoms with Crippen molar-refractivity contribution < 1.29 is 9.13 Å². The number of hydrogen-bond acceptors (Lipinski definition) is 7. The van der Waals surface area contributed by atoms with Gasteiger partial charge in [-0.25, -0.2) is 14.5 Å². The first-order valence-electron chi connectivity index (χ1n) is 10.2. The average Bonchev–Trinajstić information content (AvgIpc) is 3.55. The minimum atomic E-state index is -0.793. The standard InChI is InChI=1S/C22H16Cl2FN7O2/c1-32-20(17-11(6-26)16(34-9-2-3-9)5-13(23)19(17)25)12(8-28-32)14-4-10-15(7-27)30-31-22(33)18(10)21(24)29-14/h4-5,8-9H,2-3,7,27H2,1H3,(H,31,33). The summed E-state index contributed by atoms with van der Waals surface area (Å²) in [5, 5.41) is 20.8. The van der Waals surface area contributed by atoms with Gasteiger partial charge in [-0.05, 0) is 18.9 Å². The number of nitrogens with zero attached hydrogens (tertiary/aromatic N) is 5. The summed E-state index contributed by atoms with van der Waals surface area (Å²) < 4.78 is 22.7. The Morgan fingerprint density at radius 1 is 1.38 bits per heavy atom. The van der Waals surface area contributed by atoms with Crippen LogP contribution in [-0.4, -0.2) is 31.1 Å². The van der Waals surface area contributed by atoms with E-state index in [0.717, 1.165) is 12.8 Å². The van der Waals surface area contributed by atoms with Crippen LogP contribution in [0.3, 0.4) is 0 Å². The molecule has 1 aliphatic rings. The zero-order valence-corrected chi connectivity index (χ0v) is 19.2. The number of rotatable bonds is 5. The Balaban J connectivity index is 1.79. The third-order valence-corrected chi connectivity index (χ3v) is 6.11. The van der Waals surface area contributed by atoms with Gasteiger partial charge in [0.25, 0.3) is 5.56 Å². The van der Waals surface area contributed by atoms with E-state index in [1.165, 1.54) is 16.9 Å². The fourth-order valence-electron chi connectivity index (χ4n) is 3.80. The lowest BCUT2D eigenvalue weighted by atomic mass is 9.98. The fourth-order valence-corrected chi connectivity index (χ4v) is 4.27. The van der Waals surface area contributed by atoms with Crippen molar-refractivity contribution >= 4 is 34.0 Å². The predicted octanol–water partition coefficient (Wildman–Crippen LogP) is 3.70. The topological polar surface area (TPSA) is 136 Å². The van der Waals surface area contributed by atoms with Gasteiger partial charge in [-0.3, -0.25) is 9.48 Å². The van der Waals surface area contributed by atoms with E-state index in [0.29, 0.717) is 16.6 Å². The number of halogens is 3. The van der Waals surface area contributed by atoms with Crippen molar-refractivity contribution in [3.63, 3.8) is 0 Å². The van der Waals surface area contributed by atoms with Gasteiger partial charge in [-0.15, -0.1) is 0 Å². The highest BCUT2D eigenvalue weighted by Gasteiger charge is 2.30. The maximum atomic E-state index is 15.4. The Kier molecular flexibility index (Phi) is 5.48. The van der Waals surface area contributed by atoms with Crippen molar-refractivity contribution in [3.8, 4) is 34.3 Å². The van der Waals surface area contributed by atoms with E-state index in [-0.39, 0.29) is 56.5 Å². The van der Waals surface area contributed by atoms with Crippen molar-refractivity contribution in [2.75, 3.05) is 0 Å². The Morgan fingerprint density at radius 2 is 2.15 bits per heavy atom. The van der Waals surface area contributed by atoms with Crippen LogP contribution in [0.25, 0.3) is 33.3 Å². The average molecular weight is 500 g/mol. The second-order valence-corrected chi connectivity index (χ2v) is 8.57. The van der Waals surface area contributed by atoms with Gasteiger partial charge < -0.3 is 10.5 Å². The summed E-state index contributed by atoms with van der Waals surface area (Å²) in [7, 11) is 1.60. The van der Waals surface area contributed by atoms with Gasteiger partial charge in [0.15, 0.2) is 5.82 Å². The van der Waals surface area contributed by atoms with E-state index < -0.39 is 11.4 Å². The number of hydrogen-bond donors (Lipinski definition) is 2. The van der Waals surface area contributed by atoms with Crippen molar-refractivity contribution in [1.82, 2.24) is 25.0 Å². The molecule has 1 aromatic carbocycles. The molecule has 0 amide bonds. The molecule has 0 unspecified atom stereocenters. The minimum absolute atomic E-state index is 0.00806. The number of nitrogens with one attached hydrogen (secondary N) is 1. The molecule has 1 fully saturated rings. The van der Waals surface area contributed by atoms with Gasteiger partial charge >= 0.3 is 0 Å². The summed E-state index contributed by atoms with van der Waals surface area (Å²) in [6, 6.07) is 4.94. The van der Waals surface area contributed by atoms with E-state index in [1.54, 1.807) is 13.1 Å². The first-order valence-corrected chi connectivity index (χ1v) is 11.0. The molecule has 0 atom stereocenters. The number of nitrogens with two attached hydrogens (primary N) is 1. The van der Waals surface area contributed by atoms with Crippen LogP contribution in [0.5, 0.6) is 5.75 Å². The third-order valence-electron chi connectivity index (χ3n) is 5.56. The molecule has 0 spiro atoms. The molecule has 12 heteroatoms. The molecule has 5 rings (SSSR count). The zero-order valence-electron chi connectivity index (χ0n) is 17.7. The van der Waals surface area contributed by atoms with Crippen LogP contribution in [-0.2, 0) is 13.6 Å². The van der Waals surface area contributed by atoms with Crippen molar-refractivity contribution in [2.45, 2.75) is 25.5 Å². The Morgan fingerprint density at radius 3 is 2.82 bits per heavy atom. The molecule has 0 aliphatic heterocycles. The SMILES string of the molecule is Cn1ncc(-c2cc3c(CN)n[nH]c(=O)c3c(Cl)n2)c1-c1c(F)c(Cl)cc(OC2CC2)c1C#N. The minimum Gasteiger partial charge on any atom is -0.489 e. The molecule has 4 aromatic rings. The van der Waals surface area contributed by atoms with Crippen LogP contribution >= 0.6 is 23.2 Å². The molecule has 172 valence electrons. The molecule has 9 nitrogen and oxygen atoms in total. The summed E-state index contributed by atoms with van der Waals surface area (Å²) in [4.78, 5) is 16.6. The fraction of sp³-hybridized carbons (Fsp3) is 0.227.